The largest absolute Gasteiger partial charge is 0.445 e. The second-order valence-corrected chi connectivity index (χ2v) is 6.81. The average Bonchev–Trinajstić information content (AvgIpc) is 3.07. The van der Waals surface area contributed by atoms with E-state index in [0.29, 0.717) is 13.1 Å². The third-order valence-corrected chi connectivity index (χ3v) is 5.06. The van der Waals surface area contributed by atoms with Crippen molar-refractivity contribution in [1.29, 1.82) is 0 Å². The molecule has 0 saturated carbocycles. The molecule has 2 heterocycles. The summed E-state index contributed by atoms with van der Waals surface area (Å²) in [5, 5.41) is 4.67. The predicted octanol–water partition coefficient (Wildman–Crippen LogP) is 2.95. The number of amides is 2. The molecule has 0 aliphatic carbocycles. The van der Waals surface area contributed by atoms with Crippen LogP contribution >= 0.6 is 11.3 Å². The molecule has 1 aromatic carbocycles. The quantitative estimate of drug-likeness (QED) is 0.928. The number of rotatable bonds is 4. The zero-order chi connectivity index (χ0) is 16.9. The Morgan fingerprint density at radius 1 is 1.29 bits per heavy atom. The van der Waals surface area contributed by atoms with Crippen molar-refractivity contribution in [3.05, 3.63) is 57.8 Å². The summed E-state index contributed by atoms with van der Waals surface area (Å²) in [4.78, 5) is 27.5. The van der Waals surface area contributed by atoms with Crippen molar-refractivity contribution >= 4 is 23.3 Å². The number of ether oxygens (including phenoxy) is 1. The van der Waals surface area contributed by atoms with Crippen LogP contribution in [0.15, 0.2) is 41.8 Å². The summed E-state index contributed by atoms with van der Waals surface area (Å²) in [6.45, 7) is 3.19. The number of carbonyl (C=O) groups excluding carboxylic acids is 2. The maximum Gasteiger partial charge on any atom is 0.408 e. The van der Waals surface area contributed by atoms with E-state index >= 15 is 0 Å². The van der Waals surface area contributed by atoms with Crippen LogP contribution < -0.4 is 5.32 Å². The molecule has 24 heavy (non-hydrogen) atoms. The van der Waals surface area contributed by atoms with Crippen molar-refractivity contribution in [1.82, 2.24) is 10.2 Å². The van der Waals surface area contributed by atoms with Gasteiger partial charge in [0.25, 0.3) is 0 Å². The Hall–Kier alpha value is -2.34. The number of thiophene rings is 1. The van der Waals surface area contributed by atoms with Crippen molar-refractivity contribution in [2.24, 2.45) is 0 Å². The van der Waals surface area contributed by atoms with Gasteiger partial charge in [0.1, 0.15) is 12.6 Å². The number of hydrogen-bond donors (Lipinski definition) is 1. The topological polar surface area (TPSA) is 58.6 Å². The number of carbonyl (C=O) groups is 2. The molecule has 1 aliphatic rings. The molecule has 0 bridgehead atoms. The number of hydrogen-bond acceptors (Lipinski definition) is 4. The lowest BCUT2D eigenvalue weighted by Crippen LogP contribution is -2.48. The fourth-order valence-corrected chi connectivity index (χ4v) is 3.60. The van der Waals surface area contributed by atoms with Crippen LogP contribution in [0, 0.1) is 0 Å². The highest BCUT2D eigenvalue weighted by molar-refractivity contribution is 7.10. The van der Waals surface area contributed by atoms with E-state index in [2.05, 4.69) is 16.8 Å². The van der Waals surface area contributed by atoms with Crippen LogP contribution in [0.4, 0.5) is 4.79 Å². The third kappa shape index (κ3) is 3.94. The van der Waals surface area contributed by atoms with Crippen molar-refractivity contribution in [2.75, 3.05) is 6.54 Å². The summed E-state index contributed by atoms with van der Waals surface area (Å²) in [7, 11) is 0. The number of fused-ring (bicyclic) bond motifs is 1. The Labute approximate surface area is 145 Å². The summed E-state index contributed by atoms with van der Waals surface area (Å²) in [6.07, 6.45) is 0.303. The van der Waals surface area contributed by atoms with Crippen LogP contribution in [0.5, 0.6) is 0 Å². The Balaban J connectivity index is 1.48. The van der Waals surface area contributed by atoms with E-state index in [0.717, 1.165) is 12.0 Å². The van der Waals surface area contributed by atoms with E-state index in [4.69, 9.17) is 4.74 Å². The van der Waals surface area contributed by atoms with Crippen molar-refractivity contribution in [3.8, 4) is 0 Å². The molecular weight excluding hydrogens is 324 g/mol. The molecule has 0 unspecified atom stereocenters. The highest BCUT2D eigenvalue weighted by Crippen LogP contribution is 2.24. The Morgan fingerprint density at radius 3 is 2.88 bits per heavy atom. The zero-order valence-electron chi connectivity index (χ0n) is 13.5. The minimum atomic E-state index is -0.603. The highest BCUT2D eigenvalue weighted by Gasteiger charge is 2.26. The number of alkyl carbamates (subject to hydrolysis) is 1. The van der Waals surface area contributed by atoms with Crippen LogP contribution in [-0.4, -0.2) is 29.5 Å². The summed E-state index contributed by atoms with van der Waals surface area (Å²) in [5.74, 6) is -0.0801. The average molecular weight is 344 g/mol. The van der Waals surface area contributed by atoms with Gasteiger partial charge in [-0.15, -0.1) is 11.3 Å². The molecule has 1 atom stereocenters. The first-order valence-corrected chi connectivity index (χ1v) is 8.82. The second-order valence-electron chi connectivity index (χ2n) is 5.81. The molecule has 2 amide bonds. The van der Waals surface area contributed by atoms with Gasteiger partial charge >= 0.3 is 6.09 Å². The lowest BCUT2D eigenvalue weighted by molar-refractivity contribution is -0.133. The molecule has 0 saturated heterocycles. The standard InChI is InChI=1S/C18H20N2O3S/c1-13(19-18(22)23-12-14-5-3-2-4-6-14)17(21)20-9-7-16-15(11-20)8-10-24-16/h2-6,8,10,13H,7,9,11-12H2,1H3,(H,19,22)/t13-/m1/s1. The maximum atomic E-state index is 12.5. The number of benzene rings is 1. The molecule has 126 valence electrons. The van der Waals surface area contributed by atoms with Crippen LogP contribution in [0.3, 0.4) is 0 Å². The monoisotopic (exact) mass is 344 g/mol. The molecular formula is C18H20N2O3S. The van der Waals surface area contributed by atoms with Crippen molar-refractivity contribution in [3.63, 3.8) is 0 Å². The molecule has 0 spiro atoms. The maximum absolute atomic E-state index is 12.5. The Kier molecular flexibility index (Phi) is 5.15. The fraction of sp³-hybridized carbons (Fsp3) is 0.333. The predicted molar refractivity (Wildman–Crippen MR) is 92.7 cm³/mol. The summed E-state index contributed by atoms with van der Waals surface area (Å²) in [6, 6.07) is 10.9. The molecule has 0 radical (unpaired) electrons. The minimum absolute atomic E-state index is 0.0801. The summed E-state index contributed by atoms with van der Waals surface area (Å²) >= 11 is 1.73. The molecule has 1 N–H and O–H groups in total. The lowest BCUT2D eigenvalue weighted by Gasteiger charge is -2.29. The lowest BCUT2D eigenvalue weighted by atomic mass is 10.1. The molecule has 0 fully saturated rings. The van der Waals surface area contributed by atoms with Crippen LogP contribution in [0.1, 0.15) is 22.9 Å². The summed E-state index contributed by atoms with van der Waals surface area (Å²) < 4.78 is 5.16. The number of nitrogens with one attached hydrogen (secondary N) is 1. The molecule has 1 aromatic heterocycles. The molecule has 5 nitrogen and oxygen atoms in total. The third-order valence-electron chi connectivity index (χ3n) is 4.04. The highest BCUT2D eigenvalue weighted by atomic mass is 32.1. The number of nitrogens with zero attached hydrogens (tertiary/aromatic N) is 1. The van der Waals surface area contributed by atoms with Gasteiger partial charge in [-0.1, -0.05) is 30.3 Å². The van der Waals surface area contributed by atoms with E-state index < -0.39 is 12.1 Å². The first-order chi connectivity index (χ1) is 11.6. The van der Waals surface area contributed by atoms with Gasteiger partial charge < -0.3 is 15.0 Å². The Morgan fingerprint density at radius 2 is 2.08 bits per heavy atom. The molecule has 6 heteroatoms. The minimum Gasteiger partial charge on any atom is -0.445 e. The van der Waals surface area contributed by atoms with E-state index in [9.17, 15) is 9.59 Å². The van der Waals surface area contributed by atoms with E-state index in [1.807, 2.05) is 30.3 Å². The van der Waals surface area contributed by atoms with Crippen molar-refractivity contribution in [2.45, 2.75) is 32.5 Å². The SMILES string of the molecule is C[C@@H](NC(=O)OCc1ccccc1)C(=O)N1CCc2sccc2C1. The smallest absolute Gasteiger partial charge is 0.408 e. The van der Waals surface area contributed by atoms with Gasteiger partial charge in [-0.25, -0.2) is 4.79 Å². The van der Waals surface area contributed by atoms with Gasteiger partial charge in [0.05, 0.1) is 0 Å². The second kappa shape index (κ2) is 7.49. The van der Waals surface area contributed by atoms with E-state index in [-0.39, 0.29) is 12.5 Å². The zero-order valence-corrected chi connectivity index (χ0v) is 14.3. The van der Waals surface area contributed by atoms with Crippen LogP contribution in [0.2, 0.25) is 0 Å². The molecule has 1 aliphatic heterocycles. The Bertz CT molecular complexity index is 714. The first kappa shape index (κ1) is 16.5. The van der Waals surface area contributed by atoms with Gasteiger partial charge in [-0.3, -0.25) is 4.79 Å². The van der Waals surface area contributed by atoms with Crippen molar-refractivity contribution < 1.29 is 14.3 Å². The van der Waals surface area contributed by atoms with Gasteiger partial charge in [0.15, 0.2) is 0 Å². The van der Waals surface area contributed by atoms with Gasteiger partial charge in [0, 0.05) is 18.0 Å². The fourth-order valence-electron chi connectivity index (χ4n) is 2.71. The normalized spacial score (nSPS) is 14.6. The molecule has 2 aromatic rings. The molecule has 3 rings (SSSR count). The van der Waals surface area contributed by atoms with Gasteiger partial charge in [-0.2, -0.15) is 0 Å². The van der Waals surface area contributed by atoms with Crippen LogP contribution in [0.25, 0.3) is 0 Å². The summed E-state index contributed by atoms with van der Waals surface area (Å²) in [5.41, 5.74) is 2.12. The van der Waals surface area contributed by atoms with E-state index in [1.165, 1.54) is 10.4 Å². The van der Waals surface area contributed by atoms with Crippen LogP contribution in [-0.2, 0) is 29.1 Å². The van der Waals surface area contributed by atoms with Gasteiger partial charge in [0.2, 0.25) is 5.91 Å². The first-order valence-electron chi connectivity index (χ1n) is 7.94. The van der Waals surface area contributed by atoms with E-state index in [1.54, 1.807) is 23.2 Å². The van der Waals surface area contributed by atoms with Gasteiger partial charge in [-0.05, 0) is 35.9 Å².